The predicted molar refractivity (Wildman–Crippen MR) is 123 cm³/mol. The van der Waals surface area contributed by atoms with Gasteiger partial charge in [-0.05, 0) is 48.1 Å². The predicted octanol–water partition coefficient (Wildman–Crippen LogP) is 3.82. The minimum absolute atomic E-state index is 0.00658. The molecule has 2 aromatic rings. The van der Waals surface area contributed by atoms with E-state index in [1.165, 1.54) is 21.5 Å². The zero-order valence-corrected chi connectivity index (χ0v) is 18.5. The van der Waals surface area contributed by atoms with Crippen LogP contribution in [0.3, 0.4) is 0 Å². The summed E-state index contributed by atoms with van der Waals surface area (Å²) in [6, 6.07) is 9.63. The number of carbonyl (C=O) groups excluding carboxylic acids is 2. The smallest absolute Gasteiger partial charge is 0.266 e. The highest BCUT2D eigenvalue weighted by atomic mass is 32.2. The third-order valence-electron chi connectivity index (χ3n) is 4.63. The number of fused-ring (bicyclic) bond motifs is 1. The average Bonchev–Trinajstić information content (AvgIpc) is 3.46. The molecule has 156 valence electrons. The van der Waals surface area contributed by atoms with Crippen molar-refractivity contribution in [3.63, 3.8) is 0 Å². The second-order valence-corrected chi connectivity index (χ2v) is 9.44. The Kier molecular flexibility index (Phi) is 6.71. The van der Waals surface area contributed by atoms with E-state index in [1.807, 2.05) is 29.6 Å². The largest absolute Gasteiger partial charge is 0.454 e. The number of amides is 2. The molecule has 0 spiro atoms. The molecule has 9 heteroatoms. The molecule has 30 heavy (non-hydrogen) atoms. The molecule has 0 aliphatic carbocycles. The van der Waals surface area contributed by atoms with Crippen molar-refractivity contribution in [2.45, 2.75) is 19.3 Å². The first-order chi connectivity index (χ1) is 14.6. The first kappa shape index (κ1) is 20.9. The van der Waals surface area contributed by atoms with Gasteiger partial charge in [0.15, 0.2) is 11.5 Å². The van der Waals surface area contributed by atoms with Crippen molar-refractivity contribution in [2.24, 2.45) is 0 Å². The van der Waals surface area contributed by atoms with Crippen LogP contribution in [0, 0.1) is 0 Å². The van der Waals surface area contributed by atoms with Crippen LogP contribution in [0.25, 0.3) is 6.08 Å². The van der Waals surface area contributed by atoms with E-state index in [2.05, 4.69) is 11.4 Å². The van der Waals surface area contributed by atoms with Gasteiger partial charge in [-0.15, -0.1) is 11.3 Å². The highest BCUT2D eigenvalue weighted by Crippen LogP contribution is 2.36. The number of thiocarbonyl (C=S) groups is 1. The summed E-state index contributed by atoms with van der Waals surface area (Å²) >= 11 is 8.33. The molecule has 4 rings (SSSR count). The lowest BCUT2D eigenvalue weighted by molar-refractivity contribution is -0.123. The molecule has 2 aliphatic heterocycles. The van der Waals surface area contributed by atoms with Crippen LogP contribution in [0.5, 0.6) is 11.5 Å². The lowest BCUT2D eigenvalue weighted by Gasteiger charge is -2.14. The summed E-state index contributed by atoms with van der Waals surface area (Å²) < 4.78 is 11.2. The zero-order valence-electron chi connectivity index (χ0n) is 16.1. The average molecular weight is 461 g/mol. The third-order valence-corrected chi connectivity index (χ3v) is 6.95. The molecule has 0 unspecified atom stereocenters. The lowest BCUT2D eigenvalue weighted by atomic mass is 10.2. The number of hydrogen-bond donors (Lipinski definition) is 1. The first-order valence-electron chi connectivity index (χ1n) is 9.54. The zero-order chi connectivity index (χ0) is 20.9. The van der Waals surface area contributed by atoms with Gasteiger partial charge in [0.25, 0.3) is 5.91 Å². The number of ether oxygens (including phenoxy) is 2. The van der Waals surface area contributed by atoms with Crippen LogP contribution in [0.1, 0.15) is 23.3 Å². The topological polar surface area (TPSA) is 67.9 Å². The van der Waals surface area contributed by atoms with Gasteiger partial charge in [-0.1, -0.05) is 36.1 Å². The third kappa shape index (κ3) is 5.03. The normalized spacial score (nSPS) is 16.5. The van der Waals surface area contributed by atoms with E-state index in [0.717, 1.165) is 18.4 Å². The number of nitrogens with one attached hydrogen (secondary N) is 1. The fourth-order valence-corrected chi connectivity index (χ4v) is 5.18. The van der Waals surface area contributed by atoms with Gasteiger partial charge in [-0.25, -0.2) is 0 Å². The highest BCUT2D eigenvalue weighted by molar-refractivity contribution is 8.26. The van der Waals surface area contributed by atoms with E-state index in [4.69, 9.17) is 21.7 Å². The molecule has 0 bridgehead atoms. The number of thiophene rings is 1. The van der Waals surface area contributed by atoms with Crippen molar-refractivity contribution < 1.29 is 19.1 Å². The second kappa shape index (κ2) is 9.63. The van der Waals surface area contributed by atoms with Crippen LogP contribution in [0.4, 0.5) is 0 Å². The van der Waals surface area contributed by atoms with Gasteiger partial charge in [-0.2, -0.15) is 0 Å². The minimum atomic E-state index is -0.144. The van der Waals surface area contributed by atoms with Gasteiger partial charge in [0.05, 0.1) is 4.91 Å². The van der Waals surface area contributed by atoms with Gasteiger partial charge in [-0.3, -0.25) is 14.5 Å². The molecule has 3 heterocycles. The van der Waals surface area contributed by atoms with Crippen molar-refractivity contribution in [2.75, 3.05) is 19.9 Å². The van der Waals surface area contributed by atoms with Crippen LogP contribution in [0.2, 0.25) is 0 Å². The maximum atomic E-state index is 12.7. The number of benzene rings is 1. The fourth-order valence-electron chi connectivity index (χ4n) is 3.12. The minimum Gasteiger partial charge on any atom is -0.454 e. The Balaban J connectivity index is 1.25. The van der Waals surface area contributed by atoms with Crippen LogP contribution >= 0.6 is 35.3 Å². The molecule has 1 aromatic carbocycles. The van der Waals surface area contributed by atoms with E-state index < -0.39 is 0 Å². The summed E-state index contributed by atoms with van der Waals surface area (Å²) in [5.74, 6) is 1.22. The summed E-state index contributed by atoms with van der Waals surface area (Å²) in [4.78, 5) is 28.1. The Bertz CT molecular complexity index is 988. The van der Waals surface area contributed by atoms with Gasteiger partial charge < -0.3 is 14.8 Å². The van der Waals surface area contributed by atoms with E-state index in [-0.39, 0.29) is 18.6 Å². The summed E-state index contributed by atoms with van der Waals surface area (Å²) in [5.41, 5.74) is 0.846. The molecule has 1 saturated heterocycles. The molecule has 2 aliphatic rings. The second-order valence-electron chi connectivity index (χ2n) is 6.73. The Labute approximate surface area is 188 Å². The SMILES string of the molecule is O=C(CCCc1cccs1)NCCN1C(=O)/C(=C\c2ccc3c(c2)OCO3)SC1=S. The molecule has 1 aromatic heterocycles. The Morgan fingerprint density at radius 1 is 1.27 bits per heavy atom. The van der Waals surface area contributed by atoms with E-state index >= 15 is 0 Å². The summed E-state index contributed by atoms with van der Waals surface area (Å²) in [5, 5.41) is 4.92. The number of carbonyl (C=O) groups is 2. The number of rotatable bonds is 8. The van der Waals surface area contributed by atoms with Crippen molar-refractivity contribution in [3.05, 3.63) is 51.1 Å². The van der Waals surface area contributed by atoms with Crippen LogP contribution < -0.4 is 14.8 Å². The summed E-state index contributed by atoms with van der Waals surface area (Å²) in [6.45, 7) is 0.946. The number of thioether (sulfide) groups is 1. The quantitative estimate of drug-likeness (QED) is 0.477. The van der Waals surface area contributed by atoms with Gasteiger partial charge in [0, 0.05) is 24.4 Å². The number of nitrogens with zero attached hydrogens (tertiary/aromatic N) is 1. The van der Waals surface area contributed by atoms with Gasteiger partial charge in [0.1, 0.15) is 4.32 Å². The van der Waals surface area contributed by atoms with Crippen molar-refractivity contribution in [1.82, 2.24) is 10.2 Å². The number of aryl methyl sites for hydroxylation is 1. The molecule has 6 nitrogen and oxygen atoms in total. The maximum absolute atomic E-state index is 12.7. The highest BCUT2D eigenvalue weighted by Gasteiger charge is 2.31. The fraction of sp³-hybridized carbons (Fsp3) is 0.286. The Hall–Kier alpha value is -2.36. The molecular formula is C21H20N2O4S3. The lowest BCUT2D eigenvalue weighted by Crippen LogP contribution is -2.37. The first-order valence-corrected chi connectivity index (χ1v) is 11.6. The molecular weight excluding hydrogens is 440 g/mol. The molecule has 2 amide bonds. The summed E-state index contributed by atoms with van der Waals surface area (Å²) in [6.07, 6.45) is 3.99. The van der Waals surface area contributed by atoms with Crippen LogP contribution in [-0.2, 0) is 16.0 Å². The van der Waals surface area contributed by atoms with E-state index in [1.54, 1.807) is 17.4 Å². The molecule has 1 N–H and O–H groups in total. The van der Waals surface area contributed by atoms with E-state index in [0.29, 0.717) is 40.2 Å². The monoisotopic (exact) mass is 460 g/mol. The van der Waals surface area contributed by atoms with Gasteiger partial charge >= 0.3 is 0 Å². The standard InChI is InChI=1S/C21H20N2O4S3/c24-19(5-1-3-15-4-2-10-29-15)22-8-9-23-20(25)18(30-21(23)28)12-14-6-7-16-17(11-14)27-13-26-16/h2,4,6-7,10-12H,1,3,5,8-9,13H2,(H,22,24)/b18-12+. The maximum Gasteiger partial charge on any atom is 0.266 e. The molecule has 0 atom stereocenters. The van der Waals surface area contributed by atoms with Crippen molar-refractivity contribution in [3.8, 4) is 11.5 Å². The van der Waals surface area contributed by atoms with Crippen LogP contribution in [-0.4, -0.2) is 40.9 Å². The Morgan fingerprint density at radius 2 is 2.13 bits per heavy atom. The van der Waals surface area contributed by atoms with Crippen molar-refractivity contribution >= 4 is 57.5 Å². The number of hydrogen-bond acceptors (Lipinski definition) is 7. The molecule has 0 saturated carbocycles. The summed E-state index contributed by atoms with van der Waals surface area (Å²) in [7, 11) is 0. The van der Waals surface area contributed by atoms with E-state index in [9.17, 15) is 9.59 Å². The van der Waals surface area contributed by atoms with Crippen molar-refractivity contribution in [1.29, 1.82) is 0 Å². The van der Waals surface area contributed by atoms with Crippen LogP contribution in [0.15, 0.2) is 40.6 Å². The molecule has 1 fully saturated rings. The molecule has 0 radical (unpaired) electrons. The van der Waals surface area contributed by atoms with Gasteiger partial charge in [0.2, 0.25) is 12.7 Å². The Morgan fingerprint density at radius 3 is 2.97 bits per heavy atom.